The van der Waals surface area contributed by atoms with Gasteiger partial charge in [-0.3, -0.25) is 9.59 Å². The predicted octanol–water partition coefficient (Wildman–Crippen LogP) is 1.60. The number of fused-ring (bicyclic) bond motifs is 1. The monoisotopic (exact) mass is 386 g/mol. The number of anilines is 1. The van der Waals surface area contributed by atoms with Crippen LogP contribution in [0.3, 0.4) is 0 Å². The molecule has 2 aromatic rings. The third kappa shape index (κ3) is 5.61. The molecule has 11 heteroatoms. The number of carbonyl (C=O) groups is 2. The lowest BCUT2D eigenvalue weighted by Gasteiger charge is -2.08. The number of hydrogen-bond donors (Lipinski definition) is 3. The second-order valence-corrected chi connectivity index (χ2v) is 6.01. The van der Waals surface area contributed by atoms with Crippen LogP contribution < -0.4 is 21.1 Å². The highest BCUT2D eigenvalue weighted by Crippen LogP contribution is 2.31. The lowest BCUT2D eigenvalue weighted by atomic mass is 10.2. The van der Waals surface area contributed by atoms with Crippen LogP contribution >= 0.6 is 11.3 Å². The standard InChI is InChI=1S/C15H13F3N4O3S/c1-2-3-9(19)13(24)20-7-12(23)22-14-21-10-5-4-8(6-11(10)26-14)25-15(16,17)18/h1,4-6,9H,3,7,19H2,(H,20,24)(H,21,22,23)/t9-/m1/s1. The van der Waals surface area contributed by atoms with Crippen LogP contribution in [0, 0.1) is 12.3 Å². The zero-order chi connectivity index (χ0) is 19.3. The number of carbonyl (C=O) groups excluding carboxylic acids is 2. The molecule has 2 amide bonds. The van der Waals surface area contributed by atoms with Gasteiger partial charge in [-0.05, 0) is 12.1 Å². The number of terminal acetylenes is 1. The van der Waals surface area contributed by atoms with Crippen molar-refractivity contribution in [2.24, 2.45) is 5.73 Å². The molecule has 0 aliphatic rings. The number of nitrogens with two attached hydrogens (primary N) is 1. The van der Waals surface area contributed by atoms with Crippen LogP contribution in [-0.4, -0.2) is 35.7 Å². The molecule has 138 valence electrons. The van der Waals surface area contributed by atoms with E-state index in [4.69, 9.17) is 12.2 Å². The number of aromatic nitrogens is 1. The third-order valence-corrected chi connectivity index (χ3v) is 3.87. The highest BCUT2D eigenvalue weighted by molar-refractivity contribution is 7.22. The molecule has 0 spiro atoms. The van der Waals surface area contributed by atoms with Crippen molar-refractivity contribution in [3.8, 4) is 18.1 Å². The minimum absolute atomic E-state index is 0.0354. The van der Waals surface area contributed by atoms with Gasteiger partial charge in [0.15, 0.2) is 5.13 Å². The minimum atomic E-state index is -4.80. The van der Waals surface area contributed by atoms with Crippen LogP contribution in [0.4, 0.5) is 18.3 Å². The van der Waals surface area contributed by atoms with Crippen LogP contribution in [0.2, 0.25) is 0 Å². The fourth-order valence-electron chi connectivity index (χ4n) is 1.84. The van der Waals surface area contributed by atoms with E-state index in [0.29, 0.717) is 10.2 Å². The molecule has 1 aromatic heterocycles. The van der Waals surface area contributed by atoms with Gasteiger partial charge in [0.1, 0.15) is 5.75 Å². The first-order chi connectivity index (χ1) is 12.2. The summed E-state index contributed by atoms with van der Waals surface area (Å²) in [5.41, 5.74) is 5.88. The molecular formula is C15H13F3N4O3S. The summed E-state index contributed by atoms with van der Waals surface area (Å²) in [4.78, 5) is 27.4. The van der Waals surface area contributed by atoms with E-state index in [1.807, 2.05) is 0 Å². The Kier molecular flexibility index (Phi) is 6.01. The van der Waals surface area contributed by atoms with E-state index in [2.05, 4.69) is 26.3 Å². The lowest BCUT2D eigenvalue weighted by Crippen LogP contribution is -2.43. The fourth-order valence-corrected chi connectivity index (χ4v) is 2.75. The zero-order valence-electron chi connectivity index (χ0n) is 13.1. The number of alkyl halides is 3. The van der Waals surface area contributed by atoms with E-state index in [1.165, 1.54) is 6.07 Å². The summed E-state index contributed by atoms with van der Waals surface area (Å²) in [5.74, 6) is 0.701. The first-order valence-electron chi connectivity index (χ1n) is 7.11. The second kappa shape index (κ2) is 8.03. The van der Waals surface area contributed by atoms with E-state index in [-0.39, 0.29) is 23.8 Å². The zero-order valence-corrected chi connectivity index (χ0v) is 13.9. The maximum atomic E-state index is 12.2. The summed E-state index contributed by atoms with van der Waals surface area (Å²) < 4.78 is 40.9. The smallest absolute Gasteiger partial charge is 0.406 e. The highest BCUT2D eigenvalue weighted by atomic mass is 32.1. The number of nitrogens with zero attached hydrogens (tertiary/aromatic N) is 1. The Bertz CT molecular complexity index is 860. The molecule has 0 saturated heterocycles. The van der Waals surface area contributed by atoms with Crippen molar-refractivity contribution in [3.63, 3.8) is 0 Å². The molecule has 7 nitrogen and oxygen atoms in total. The maximum Gasteiger partial charge on any atom is 0.573 e. The van der Waals surface area contributed by atoms with Crippen LogP contribution in [-0.2, 0) is 9.59 Å². The van der Waals surface area contributed by atoms with Gasteiger partial charge in [-0.1, -0.05) is 11.3 Å². The van der Waals surface area contributed by atoms with Crippen LogP contribution in [0.25, 0.3) is 10.2 Å². The van der Waals surface area contributed by atoms with Crippen molar-refractivity contribution in [1.82, 2.24) is 10.3 Å². The molecule has 26 heavy (non-hydrogen) atoms. The van der Waals surface area contributed by atoms with E-state index < -0.39 is 24.2 Å². The van der Waals surface area contributed by atoms with E-state index in [9.17, 15) is 22.8 Å². The SMILES string of the molecule is C#CC[C@@H](N)C(=O)NCC(=O)Nc1nc2ccc(OC(F)(F)F)cc2s1. The average Bonchev–Trinajstić information content (AvgIpc) is 2.92. The van der Waals surface area contributed by atoms with Gasteiger partial charge in [0, 0.05) is 12.5 Å². The minimum Gasteiger partial charge on any atom is -0.406 e. The average molecular weight is 386 g/mol. The predicted molar refractivity (Wildman–Crippen MR) is 89.4 cm³/mol. The molecule has 2 rings (SSSR count). The summed E-state index contributed by atoms with van der Waals surface area (Å²) >= 11 is 0.960. The molecule has 0 saturated carbocycles. The number of amides is 2. The molecular weight excluding hydrogens is 373 g/mol. The molecule has 0 unspecified atom stereocenters. The van der Waals surface area contributed by atoms with Gasteiger partial charge in [-0.15, -0.1) is 25.5 Å². The number of benzene rings is 1. The van der Waals surface area contributed by atoms with E-state index in [1.54, 1.807) is 0 Å². The summed E-state index contributed by atoms with van der Waals surface area (Å²) in [5, 5.41) is 4.91. The largest absolute Gasteiger partial charge is 0.573 e. The van der Waals surface area contributed by atoms with Crippen molar-refractivity contribution in [2.45, 2.75) is 18.8 Å². The van der Waals surface area contributed by atoms with E-state index >= 15 is 0 Å². The van der Waals surface area contributed by atoms with Crippen molar-refractivity contribution in [2.75, 3.05) is 11.9 Å². The van der Waals surface area contributed by atoms with Gasteiger partial charge in [0.25, 0.3) is 0 Å². The Morgan fingerprint density at radius 1 is 1.42 bits per heavy atom. The topological polar surface area (TPSA) is 106 Å². The van der Waals surface area contributed by atoms with Gasteiger partial charge >= 0.3 is 6.36 Å². The molecule has 1 aromatic carbocycles. The fraction of sp³-hybridized carbons (Fsp3) is 0.267. The maximum absolute atomic E-state index is 12.2. The Hall–Kier alpha value is -2.84. The number of nitrogens with one attached hydrogen (secondary N) is 2. The van der Waals surface area contributed by atoms with Crippen LogP contribution in [0.15, 0.2) is 18.2 Å². The van der Waals surface area contributed by atoms with Gasteiger partial charge in [-0.2, -0.15) is 0 Å². The van der Waals surface area contributed by atoms with Gasteiger partial charge in [0.05, 0.1) is 22.8 Å². The molecule has 0 aliphatic heterocycles. The first-order valence-corrected chi connectivity index (χ1v) is 7.92. The Balaban J connectivity index is 1.97. The number of halogens is 3. The van der Waals surface area contributed by atoms with Crippen molar-refractivity contribution in [1.29, 1.82) is 0 Å². The summed E-state index contributed by atoms with van der Waals surface area (Å²) in [7, 11) is 0. The van der Waals surface area contributed by atoms with Gasteiger partial charge in [0.2, 0.25) is 11.8 Å². The number of hydrogen-bond acceptors (Lipinski definition) is 6. The van der Waals surface area contributed by atoms with Gasteiger partial charge in [-0.25, -0.2) is 4.98 Å². The molecule has 0 radical (unpaired) electrons. The quantitative estimate of drug-likeness (QED) is 0.654. The van der Waals surface area contributed by atoms with Crippen LogP contribution in [0.1, 0.15) is 6.42 Å². The van der Waals surface area contributed by atoms with Gasteiger partial charge < -0.3 is 21.1 Å². The first kappa shape index (κ1) is 19.5. The second-order valence-electron chi connectivity index (χ2n) is 4.98. The third-order valence-electron chi connectivity index (χ3n) is 2.94. The van der Waals surface area contributed by atoms with Crippen LogP contribution in [0.5, 0.6) is 5.75 Å². The summed E-state index contributed by atoms with van der Waals surface area (Å²) in [6, 6.07) is 2.70. The lowest BCUT2D eigenvalue weighted by molar-refractivity contribution is -0.274. The Morgan fingerprint density at radius 2 is 2.15 bits per heavy atom. The molecule has 1 atom stereocenters. The van der Waals surface area contributed by atoms with Crippen molar-refractivity contribution < 1.29 is 27.5 Å². The number of thiazole rings is 1. The normalized spacial score (nSPS) is 12.3. The van der Waals surface area contributed by atoms with E-state index in [0.717, 1.165) is 23.5 Å². The summed E-state index contributed by atoms with van der Waals surface area (Å²) in [6.45, 7) is -0.352. The van der Waals surface area contributed by atoms with Crippen molar-refractivity contribution in [3.05, 3.63) is 18.2 Å². The van der Waals surface area contributed by atoms with Crippen molar-refractivity contribution >= 4 is 38.5 Å². The molecule has 0 fully saturated rings. The number of ether oxygens (including phenoxy) is 1. The molecule has 0 bridgehead atoms. The molecule has 0 aliphatic carbocycles. The Morgan fingerprint density at radius 3 is 2.81 bits per heavy atom. The highest BCUT2D eigenvalue weighted by Gasteiger charge is 2.31. The molecule has 4 N–H and O–H groups in total. The number of rotatable bonds is 6. The Labute approximate surface area is 149 Å². The summed E-state index contributed by atoms with van der Waals surface area (Å²) in [6.07, 6.45) is 0.277. The molecule has 1 heterocycles.